The lowest BCUT2D eigenvalue weighted by atomic mass is 9.77. The Kier molecular flexibility index (Phi) is 8.14. The van der Waals surface area contributed by atoms with Gasteiger partial charge in [-0.15, -0.1) is 0 Å². The first-order chi connectivity index (χ1) is 21.9. The van der Waals surface area contributed by atoms with E-state index in [1.54, 1.807) is 0 Å². The van der Waals surface area contributed by atoms with Gasteiger partial charge in [0.2, 0.25) is 0 Å². The van der Waals surface area contributed by atoms with Gasteiger partial charge in [-0.2, -0.15) is 21.0 Å². The summed E-state index contributed by atoms with van der Waals surface area (Å²) >= 11 is 0. The van der Waals surface area contributed by atoms with Gasteiger partial charge in [-0.3, -0.25) is 0 Å². The third-order valence-electron chi connectivity index (χ3n) is 7.18. The van der Waals surface area contributed by atoms with Gasteiger partial charge in [0, 0.05) is 16.7 Å². The molecule has 2 aromatic carbocycles. The van der Waals surface area contributed by atoms with E-state index in [0.717, 1.165) is 24.3 Å². The predicted molar refractivity (Wildman–Crippen MR) is 133 cm³/mol. The second kappa shape index (κ2) is 11.3. The summed E-state index contributed by atoms with van der Waals surface area (Å²) in [5, 5.41) is 36.5. The van der Waals surface area contributed by atoms with Crippen molar-refractivity contribution in [2.24, 2.45) is 17.4 Å². The van der Waals surface area contributed by atoms with Crippen LogP contribution in [0.2, 0.25) is 0 Å². The Balaban J connectivity index is 2.25. The smallest absolute Gasteiger partial charge is 0.180 e. The summed E-state index contributed by atoms with van der Waals surface area (Å²) in [7, 11) is 0. The molecule has 2 atom stereocenters. The molecule has 0 amide bonds. The quantitative estimate of drug-likeness (QED) is 0.212. The van der Waals surface area contributed by atoms with Crippen LogP contribution in [-0.4, -0.2) is 5.67 Å². The zero-order chi connectivity index (χ0) is 35.6. The van der Waals surface area contributed by atoms with Crippen LogP contribution in [0, 0.1) is 97.8 Å². The fraction of sp³-hybridized carbons (Fsp3) is 0.103. The topological polar surface area (TPSA) is 147 Å². The number of allylic oxidation sites excluding steroid dienone is 8. The third kappa shape index (κ3) is 4.57. The van der Waals surface area contributed by atoms with Gasteiger partial charge in [0.1, 0.15) is 40.7 Å². The van der Waals surface area contributed by atoms with E-state index < -0.39 is 137 Å². The molecule has 2 aliphatic rings. The molecule has 1 fully saturated rings. The molecule has 2 unspecified atom stereocenters. The molecule has 0 radical (unpaired) electrons. The molecule has 0 spiro atoms. The molecule has 2 aliphatic carbocycles. The molecular formula is C29H8F12N6. The minimum absolute atomic E-state index is 0.200. The highest BCUT2D eigenvalue weighted by atomic mass is 19.2. The van der Waals surface area contributed by atoms with Crippen molar-refractivity contribution < 1.29 is 52.7 Å². The van der Waals surface area contributed by atoms with Crippen LogP contribution in [0.25, 0.3) is 11.4 Å². The van der Waals surface area contributed by atoms with Gasteiger partial charge in [-0.25, -0.2) is 52.7 Å². The average molecular weight is 668 g/mol. The van der Waals surface area contributed by atoms with Gasteiger partial charge in [-0.1, -0.05) is 0 Å². The van der Waals surface area contributed by atoms with Gasteiger partial charge >= 0.3 is 0 Å². The first kappa shape index (κ1) is 33.7. The number of benzene rings is 2. The number of nitrogens with zero attached hydrogens (tertiary/aromatic N) is 4. The summed E-state index contributed by atoms with van der Waals surface area (Å²) in [6, 6.07) is 3.58. The van der Waals surface area contributed by atoms with Crippen LogP contribution < -0.4 is 11.5 Å². The van der Waals surface area contributed by atoms with Crippen LogP contribution in [0.15, 0.2) is 45.3 Å². The summed E-state index contributed by atoms with van der Waals surface area (Å²) < 4.78 is 178. The van der Waals surface area contributed by atoms with Crippen molar-refractivity contribution >= 4 is 11.4 Å². The van der Waals surface area contributed by atoms with Crippen LogP contribution in [0.3, 0.4) is 0 Å². The van der Waals surface area contributed by atoms with Crippen molar-refractivity contribution in [2.75, 3.05) is 0 Å². The number of alkyl halides is 1. The number of nitrogens with two attached hydrogens (primary N) is 2. The molecule has 238 valence electrons. The molecule has 4 rings (SSSR count). The number of nitriles is 4. The summed E-state index contributed by atoms with van der Waals surface area (Å²) in [5.74, 6) is -29.0. The first-order valence-electron chi connectivity index (χ1n) is 12.1. The highest BCUT2D eigenvalue weighted by Gasteiger charge is 2.55. The lowest BCUT2D eigenvalue weighted by Gasteiger charge is -2.31. The monoisotopic (exact) mass is 668 g/mol. The van der Waals surface area contributed by atoms with E-state index >= 15 is 8.78 Å². The Bertz CT molecular complexity index is 2030. The zero-order valence-electron chi connectivity index (χ0n) is 22.6. The average Bonchev–Trinajstić information content (AvgIpc) is 3.77. The predicted octanol–water partition coefficient (Wildman–Crippen LogP) is 6.67. The van der Waals surface area contributed by atoms with Gasteiger partial charge in [0.25, 0.3) is 0 Å². The van der Waals surface area contributed by atoms with E-state index in [2.05, 4.69) is 0 Å². The summed E-state index contributed by atoms with van der Waals surface area (Å²) in [6.07, 6.45) is 0. The molecule has 0 saturated heterocycles. The standard InChI is InChI=1S/C29H8F12N6/c1-29(41)15(25(39)20(34)9(5-45)28(29)40)6(2-42)10-11(26(46)13-21(35)16(30)7(3-43)17(31)22(13)36)12(10)27(47)14-23(37)18(32)8(4-44)19(33)24(14)38/h15H,46-47H2,1H3/b10-6-,26-11?,27-12+. The van der Waals surface area contributed by atoms with Gasteiger partial charge in [0.05, 0.1) is 40.1 Å². The van der Waals surface area contributed by atoms with Crippen molar-refractivity contribution in [1.82, 2.24) is 0 Å². The van der Waals surface area contributed by atoms with Gasteiger partial charge in [0.15, 0.2) is 63.9 Å². The maximum atomic E-state index is 15.7. The molecule has 0 bridgehead atoms. The highest BCUT2D eigenvalue weighted by Crippen LogP contribution is 2.58. The first-order valence-corrected chi connectivity index (χ1v) is 12.1. The summed E-state index contributed by atoms with van der Waals surface area (Å²) in [6.45, 7) is 0.200. The second-order valence-electron chi connectivity index (χ2n) is 9.68. The third-order valence-corrected chi connectivity index (χ3v) is 7.18. The van der Waals surface area contributed by atoms with Crippen LogP contribution in [0.5, 0.6) is 0 Å². The Morgan fingerprint density at radius 3 is 1.26 bits per heavy atom. The number of rotatable bonds is 3. The zero-order valence-corrected chi connectivity index (χ0v) is 22.6. The fourth-order valence-corrected chi connectivity index (χ4v) is 4.89. The number of hydrogen-bond donors (Lipinski definition) is 2. The SMILES string of the molecule is CC1(F)C(F)=C(C#N)C(F)=C(F)C1/C(C#N)=C1/C(=C(N)c2c(F)c(F)c(C#N)c(F)c2F)/C1=C(/N)c1c(F)c(F)c(C#N)c(F)c1F. The molecule has 1 saturated carbocycles. The minimum atomic E-state index is -3.85. The summed E-state index contributed by atoms with van der Waals surface area (Å²) in [5.41, 5.74) is -10.0. The fourth-order valence-electron chi connectivity index (χ4n) is 4.89. The van der Waals surface area contributed by atoms with Crippen LogP contribution in [0.1, 0.15) is 29.2 Å². The van der Waals surface area contributed by atoms with Gasteiger partial charge in [-0.05, 0) is 6.92 Å². The van der Waals surface area contributed by atoms with Crippen LogP contribution in [0.4, 0.5) is 52.7 Å². The maximum Gasteiger partial charge on any atom is 0.180 e. The Morgan fingerprint density at radius 1 is 0.596 bits per heavy atom. The lowest BCUT2D eigenvalue weighted by molar-refractivity contribution is 0.132. The Morgan fingerprint density at radius 2 is 0.957 bits per heavy atom. The molecule has 2 aromatic rings. The van der Waals surface area contributed by atoms with E-state index in [4.69, 9.17) is 27.3 Å². The van der Waals surface area contributed by atoms with E-state index in [9.17, 15) is 49.2 Å². The largest absolute Gasteiger partial charge is 0.398 e. The second-order valence-corrected chi connectivity index (χ2v) is 9.68. The van der Waals surface area contributed by atoms with Gasteiger partial charge < -0.3 is 11.5 Å². The van der Waals surface area contributed by atoms with Crippen molar-refractivity contribution in [3.8, 4) is 24.3 Å². The van der Waals surface area contributed by atoms with E-state index in [1.165, 1.54) is 0 Å². The van der Waals surface area contributed by atoms with E-state index in [0.29, 0.717) is 0 Å². The lowest BCUT2D eigenvalue weighted by Crippen LogP contribution is -2.36. The highest BCUT2D eigenvalue weighted by molar-refractivity contribution is 6.01. The molecule has 4 N–H and O–H groups in total. The normalized spacial score (nSPS) is 22.3. The van der Waals surface area contributed by atoms with Crippen molar-refractivity contribution in [2.45, 2.75) is 12.6 Å². The van der Waals surface area contributed by atoms with Crippen molar-refractivity contribution in [3.05, 3.63) is 114 Å². The number of halogens is 12. The molecular weight excluding hydrogens is 660 g/mol. The molecule has 47 heavy (non-hydrogen) atoms. The van der Waals surface area contributed by atoms with E-state index in [-0.39, 0.29) is 6.92 Å². The van der Waals surface area contributed by atoms with Crippen LogP contribution >= 0.6 is 0 Å². The van der Waals surface area contributed by atoms with E-state index in [1.807, 2.05) is 0 Å². The Hall–Kier alpha value is -6.14. The summed E-state index contributed by atoms with van der Waals surface area (Å²) in [4.78, 5) is 0. The number of hydrogen-bond acceptors (Lipinski definition) is 6. The molecule has 0 aliphatic heterocycles. The molecule has 0 heterocycles. The van der Waals surface area contributed by atoms with Crippen molar-refractivity contribution in [1.29, 1.82) is 21.0 Å². The van der Waals surface area contributed by atoms with Crippen molar-refractivity contribution in [3.63, 3.8) is 0 Å². The minimum Gasteiger partial charge on any atom is -0.398 e. The maximum absolute atomic E-state index is 15.7. The molecule has 0 aromatic heterocycles. The molecule has 6 nitrogen and oxygen atoms in total. The Labute approximate surface area is 253 Å². The molecule has 18 heteroatoms. The van der Waals surface area contributed by atoms with Crippen LogP contribution in [-0.2, 0) is 0 Å².